The molecule has 0 N–H and O–H groups in total. The zero-order valence-corrected chi connectivity index (χ0v) is 30.7. The molecule has 54 heavy (non-hydrogen) atoms. The van der Waals surface area contributed by atoms with Crippen LogP contribution in [0.1, 0.15) is 55.8 Å². The van der Waals surface area contributed by atoms with Gasteiger partial charge < -0.3 is 8.82 Å². The van der Waals surface area contributed by atoms with Crippen molar-refractivity contribution in [3.05, 3.63) is 157 Å². The number of aromatic nitrogens is 3. The van der Waals surface area contributed by atoms with Gasteiger partial charge >= 0.3 is 0 Å². The Bertz CT molecular complexity index is 3240. The van der Waals surface area contributed by atoms with Crippen LogP contribution in [0.4, 0.5) is 0 Å². The molecule has 2 atom stereocenters. The summed E-state index contributed by atoms with van der Waals surface area (Å²) in [5.74, 6) is 0.253. The first kappa shape index (κ1) is 30.2. The van der Waals surface area contributed by atoms with E-state index in [1.165, 1.54) is 82.7 Å². The predicted molar refractivity (Wildman–Crippen MR) is 220 cm³/mol. The molecule has 4 heteroatoms. The maximum absolute atomic E-state index is 6.46. The first-order chi connectivity index (χ1) is 26.3. The van der Waals surface area contributed by atoms with E-state index < -0.39 is 0 Å². The number of benzene rings is 5. The second-order valence-electron chi connectivity index (χ2n) is 16.6. The molecule has 0 bridgehead atoms. The molecule has 0 saturated carbocycles. The van der Waals surface area contributed by atoms with Crippen molar-refractivity contribution < 1.29 is 13.6 Å². The minimum atomic E-state index is -0.0124. The fourth-order valence-corrected chi connectivity index (χ4v) is 10.2. The third-order valence-corrected chi connectivity index (χ3v) is 12.7. The van der Waals surface area contributed by atoms with Crippen LogP contribution < -0.4 is 9.13 Å². The zero-order valence-electron chi connectivity index (χ0n) is 30.7. The van der Waals surface area contributed by atoms with E-state index in [1.807, 2.05) is 0 Å². The van der Waals surface area contributed by atoms with Crippen LogP contribution in [0.25, 0.3) is 88.2 Å². The van der Waals surface area contributed by atoms with Crippen molar-refractivity contribution in [1.29, 1.82) is 0 Å². The molecule has 0 spiro atoms. The Morgan fingerprint density at radius 3 is 2.33 bits per heavy atom. The summed E-state index contributed by atoms with van der Waals surface area (Å²) in [6.45, 7) is 11.9. The predicted octanol–water partition coefficient (Wildman–Crippen LogP) is 11.7. The summed E-state index contributed by atoms with van der Waals surface area (Å²) < 4.78 is 13.9. The number of nitrogens with zero attached hydrogens (tertiary/aromatic N) is 3. The average molecular weight is 698 g/mol. The Kier molecular flexibility index (Phi) is 5.85. The van der Waals surface area contributed by atoms with Gasteiger partial charge in [-0.15, -0.1) is 0 Å². The van der Waals surface area contributed by atoms with Gasteiger partial charge in [0, 0.05) is 56.8 Å². The molecule has 7 heterocycles. The van der Waals surface area contributed by atoms with E-state index in [4.69, 9.17) is 11.0 Å². The Balaban J connectivity index is 1.20. The third kappa shape index (κ3) is 3.87. The molecular weight excluding hydrogens is 659 g/mol. The number of furan rings is 1. The van der Waals surface area contributed by atoms with E-state index in [1.54, 1.807) is 0 Å². The molecule has 0 saturated heterocycles. The summed E-state index contributed by atoms with van der Waals surface area (Å²) in [6.07, 6.45) is 6.49. The Morgan fingerprint density at radius 1 is 0.667 bits per heavy atom. The normalized spacial score (nSPS) is 17.1. The second-order valence-corrected chi connectivity index (χ2v) is 16.6. The van der Waals surface area contributed by atoms with Crippen molar-refractivity contribution in [1.82, 2.24) is 4.40 Å². The minimum absolute atomic E-state index is 0.0124. The first-order valence-electron chi connectivity index (χ1n) is 19.3. The van der Waals surface area contributed by atoms with Gasteiger partial charge in [-0.05, 0) is 84.0 Å². The molecule has 0 fully saturated rings. The van der Waals surface area contributed by atoms with E-state index in [-0.39, 0.29) is 17.4 Å². The minimum Gasteiger partial charge on any atom is -0.456 e. The summed E-state index contributed by atoms with van der Waals surface area (Å²) in [4.78, 5) is 0. The van der Waals surface area contributed by atoms with Gasteiger partial charge in [-0.25, -0.2) is 0 Å². The van der Waals surface area contributed by atoms with Crippen LogP contribution in [0, 0.1) is 0 Å². The van der Waals surface area contributed by atoms with E-state index in [0.717, 1.165) is 35.1 Å². The van der Waals surface area contributed by atoms with Gasteiger partial charge in [0.05, 0.1) is 33.4 Å². The highest BCUT2D eigenvalue weighted by Gasteiger charge is 2.47. The van der Waals surface area contributed by atoms with Gasteiger partial charge in [0.25, 0.3) is 0 Å². The highest BCUT2D eigenvalue weighted by atomic mass is 16.3. The summed E-state index contributed by atoms with van der Waals surface area (Å²) in [6, 6.07) is 45.2. The van der Waals surface area contributed by atoms with Crippen molar-refractivity contribution in [2.75, 3.05) is 0 Å². The number of allylic oxidation sites excluding steroid dienone is 1. The molecule has 258 valence electrons. The van der Waals surface area contributed by atoms with Crippen LogP contribution in [-0.4, -0.2) is 4.40 Å². The SMILES string of the molecule is C=C1C2C(CCc3cc4c(cc3-c3cc(C(C)(C)C)cc[n+]31)c1cccc3c5ccc6oc7ccccc7c6c5n4c13)c1ccccc1-c1cccc[n+]12. The Hall–Kier alpha value is -6.26. The number of fused-ring (bicyclic) bond motifs is 19. The van der Waals surface area contributed by atoms with Crippen molar-refractivity contribution in [3.63, 3.8) is 0 Å². The molecule has 0 amide bonds. The smallest absolute Gasteiger partial charge is 0.249 e. The lowest BCUT2D eigenvalue weighted by atomic mass is 9.78. The summed E-state index contributed by atoms with van der Waals surface area (Å²) in [7, 11) is 0. The largest absolute Gasteiger partial charge is 0.456 e. The van der Waals surface area contributed by atoms with Gasteiger partial charge in [-0.3, -0.25) is 0 Å². The lowest BCUT2D eigenvalue weighted by Crippen LogP contribution is -2.53. The lowest BCUT2D eigenvalue weighted by Gasteiger charge is -2.29. The number of hydrogen-bond acceptors (Lipinski definition) is 1. The average Bonchev–Trinajstić information content (AvgIpc) is 3.85. The molecule has 10 aromatic rings. The molecule has 0 radical (unpaired) electrons. The van der Waals surface area contributed by atoms with Crippen molar-refractivity contribution >= 4 is 65.7 Å². The van der Waals surface area contributed by atoms with Crippen LogP contribution in [0.2, 0.25) is 0 Å². The van der Waals surface area contributed by atoms with Gasteiger partial charge in [-0.1, -0.05) is 75.4 Å². The highest BCUT2D eigenvalue weighted by molar-refractivity contribution is 6.30. The summed E-state index contributed by atoms with van der Waals surface area (Å²) >= 11 is 0. The van der Waals surface area contributed by atoms with Crippen molar-refractivity contribution in [2.45, 2.75) is 51.0 Å². The van der Waals surface area contributed by atoms with E-state index >= 15 is 0 Å². The number of para-hydroxylation sites is 2. The van der Waals surface area contributed by atoms with E-state index in [9.17, 15) is 0 Å². The van der Waals surface area contributed by atoms with Crippen LogP contribution >= 0.6 is 0 Å². The molecule has 2 unspecified atom stereocenters. The molecule has 5 aromatic carbocycles. The van der Waals surface area contributed by atoms with Gasteiger partial charge in [-0.2, -0.15) is 9.13 Å². The first-order valence-corrected chi connectivity index (χ1v) is 19.3. The zero-order chi connectivity index (χ0) is 36.0. The summed E-state index contributed by atoms with van der Waals surface area (Å²) in [5.41, 5.74) is 15.9. The van der Waals surface area contributed by atoms with Gasteiger partial charge in [0.15, 0.2) is 12.4 Å². The van der Waals surface area contributed by atoms with Gasteiger partial charge in [0.2, 0.25) is 23.1 Å². The quantitative estimate of drug-likeness (QED) is 0.145. The number of rotatable bonds is 0. The maximum Gasteiger partial charge on any atom is 0.249 e. The molecule has 12 rings (SSSR count). The van der Waals surface area contributed by atoms with Gasteiger partial charge in [0.1, 0.15) is 11.2 Å². The topological polar surface area (TPSA) is 25.3 Å². The van der Waals surface area contributed by atoms with Crippen molar-refractivity contribution in [3.8, 4) is 22.5 Å². The third-order valence-electron chi connectivity index (χ3n) is 12.7. The fourth-order valence-electron chi connectivity index (χ4n) is 10.2. The molecule has 2 aliphatic rings. The van der Waals surface area contributed by atoms with Crippen LogP contribution in [0.5, 0.6) is 0 Å². The molecule has 2 aliphatic heterocycles. The molecule has 5 aromatic heterocycles. The summed E-state index contributed by atoms with van der Waals surface area (Å²) in [5, 5.41) is 7.46. The maximum atomic E-state index is 6.46. The lowest BCUT2D eigenvalue weighted by molar-refractivity contribution is -0.727. The molecule has 0 aliphatic carbocycles. The number of aryl methyl sites for hydroxylation is 1. The van der Waals surface area contributed by atoms with E-state index in [2.05, 4.69) is 168 Å². The molecular formula is C50H39N3O+2. The Morgan fingerprint density at radius 2 is 1.44 bits per heavy atom. The molecule has 4 nitrogen and oxygen atoms in total. The monoisotopic (exact) mass is 697 g/mol. The second kappa shape index (κ2) is 10.4. The number of pyridine rings is 2. The standard InChI is InChI=1S/C50H39N3O/c1-29-47-36(32-12-5-6-13-33(32)41-17-9-10-24-52(41)47)20-19-30-26-43-40(28-39(30)42-27-31(50(2,3)4)23-25-51(29)42)35-16-11-15-34-37-21-22-45-46(49(37)53(43)48(34)35)38-14-7-8-18-44(38)54-45/h5-18,21-28,36,47H,1,19-20H2,2-4H3/q+2. The highest BCUT2D eigenvalue weighted by Crippen LogP contribution is 2.48. The van der Waals surface area contributed by atoms with Crippen LogP contribution in [0.15, 0.2) is 145 Å². The van der Waals surface area contributed by atoms with E-state index in [0.29, 0.717) is 0 Å². The van der Waals surface area contributed by atoms with Crippen LogP contribution in [0.3, 0.4) is 0 Å². The van der Waals surface area contributed by atoms with Crippen LogP contribution in [-0.2, 0) is 11.8 Å². The number of hydrogen-bond donors (Lipinski definition) is 0. The fraction of sp³-hybridized carbons (Fsp3) is 0.160. The van der Waals surface area contributed by atoms with Crippen molar-refractivity contribution in [2.24, 2.45) is 0 Å². The Labute approximate surface area is 313 Å².